The van der Waals surface area contributed by atoms with Gasteiger partial charge in [-0.3, -0.25) is 15.0 Å². The molecule has 1 aromatic carbocycles. The van der Waals surface area contributed by atoms with Gasteiger partial charge in [0.1, 0.15) is 11.9 Å². The second kappa shape index (κ2) is 10.4. The molecular weight excluding hydrogens is 481 g/mol. The van der Waals surface area contributed by atoms with Crippen LogP contribution in [0.1, 0.15) is 56.1 Å². The van der Waals surface area contributed by atoms with E-state index in [0.29, 0.717) is 37.7 Å². The lowest BCUT2D eigenvalue weighted by Gasteiger charge is -2.27. The highest BCUT2D eigenvalue weighted by atomic mass is 127. The summed E-state index contributed by atoms with van der Waals surface area (Å²) >= 11 is 2.18. The number of nitrogens with two attached hydrogens (primary N) is 1. The summed E-state index contributed by atoms with van der Waals surface area (Å²) in [5.74, 6) is -0.0472. The van der Waals surface area contributed by atoms with E-state index in [4.69, 9.17) is 11.1 Å². The summed E-state index contributed by atoms with van der Waals surface area (Å²) in [6.45, 7) is 1.36. The van der Waals surface area contributed by atoms with E-state index < -0.39 is 0 Å². The first kappa shape index (κ1) is 22.0. The molecule has 1 aliphatic heterocycles. The van der Waals surface area contributed by atoms with E-state index in [9.17, 15) is 9.59 Å². The average Bonchev–Trinajstić information content (AvgIpc) is 3.21. The fourth-order valence-corrected chi connectivity index (χ4v) is 4.84. The van der Waals surface area contributed by atoms with Crippen molar-refractivity contribution in [2.45, 2.75) is 63.6 Å². The van der Waals surface area contributed by atoms with Crippen molar-refractivity contribution in [1.82, 2.24) is 15.5 Å². The Kier molecular flexibility index (Phi) is 7.88. The number of halogens is 1. The maximum atomic E-state index is 12.7. The quantitative estimate of drug-likeness (QED) is 0.255. The Labute approximate surface area is 185 Å². The van der Waals surface area contributed by atoms with E-state index in [-0.39, 0.29) is 23.7 Å². The Bertz CT molecular complexity index is 763. The van der Waals surface area contributed by atoms with Gasteiger partial charge in [0, 0.05) is 28.3 Å². The lowest BCUT2D eigenvalue weighted by atomic mass is 9.95. The number of nitrogens with zero attached hydrogens (tertiary/aromatic N) is 1. The molecule has 7 nitrogen and oxygen atoms in total. The van der Waals surface area contributed by atoms with Gasteiger partial charge < -0.3 is 21.3 Å². The van der Waals surface area contributed by atoms with Crippen LogP contribution in [-0.4, -0.2) is 47.7 Å². The highest BCUT2D eigenvalue weighted by molar-refractivity contribution is 14.1. The van der Waals surface area contributed by atoms with Crippen molar-refractivity contribution in [2.75, 3.05) is 13.1 Å². The molecule has 1 aromatic rings. The van der Waals surface area contributed by atoms with Gasteiger partial charge in [-0.05, 0) is 59.9 Å². The Hall–Kier alpha value is -1.68. The van der Waals surface area contributed by atoms with Crippen LogP contribution in [0.25, 0.3) is 0 Å². The number of hydrogen-bond acceptors (Lipinski definition) is 4. The number of rotatable bonds is 7. The van der Waals surface area contributed by atoms with Crippen molar-refractivity contribution in [3.05, 3.63) is 32.9 Å². The Balaban J connectivity index is 1.51. The zero-order valence-electron chi connectivity index (χ0n) is 16.7. The fraction of sp³-hybridized carbons (Fsp3) is 0.571. The molecule has 8 heteroatoms. The molecule has 1 saturated heterocycles. The van der Waals surface area contributed by atoms with Crippen LogP contribution >= 0.6 is 22.6 Å². The van der Waals surface area contributed by atoms with Crippen LogP contribution in [0.5, 0.6) is 0 Å². The predicted molar refractivity (Wildman–Crippen MR) is 122 cm³/mol. The maximum absolute atomic E-state index is 12.7. The minimum Gasteiger partial charge on any atom is -0.384 e. The topological polar surface area (TPSA) is 111 Å². The van der Waals surface area contributed by atoms with Gasteiger partial charge in [0.2, 0.25) is 11.8 Å². The first-order valence-electron chi connectivity index (χ1n) is 10.4. The second-order valence-electron chi connectivity index (χ2n) is 7.90. The molecule has 3 rings (SSSR count). The molecule has 1 heterocycles. The number of nitrogens with one attached hydrogen (secondary N) is 3. The highest BCUT2D eigenvalue weighted by Gasteiger charge is 2.33. The molecule has 1 atom stereocenters. The minimum absolute atomic E-state index is 0.0219. The summed E-state index contributed by atoms with van der Waals surface area (Å²) in [4.78, 5) is 27.2. The molecule has 2 amide bonds. The molecule has 0 unspecified atom stereocenters. The van der Waals surface area contributed by atoms with Crippen molar-refractivity contribution >= 4 is 40.2 Å². The minimum atomic E-state index is -0.384. The van der Waals surface area contributed by atoms with E-state index in [2.05, 4.69) is 33.2 Å². The molecule has 29 heavy (non-hydrogen) atoms. The van der Waals surface area contributed by atoms with Crippen molar-refractivity contribution in [1.29, 1.82) is 5.41 Å². The van der Waals surface area contributed by atoms with Crippen LogP contribution in [0.4, 0.5) is 0 Å². The van der Waals surface area contributed by atoms with Crippen LogP contribution in [0.2, 0.25) is 0 Å². The first-order valence-corrected chi connectivity index (χ1v) is 11.5. The van der Waals surface area contributed by atoms with Crippen molar-refractivity contribution in [3.63, 3.8) is 0 Å². The summed E-state index contributed by atoms with van der Waals surface area (Å²) in [7, 11) is 0. The molecular formula is C21H30IN5O2. The zero-order valence-corrected chi connectivity index (χ0v) is 18.8. The molecule has 0 bridgehead atoms. The zero-order chi connectivity index (χ0) is 20.8. The molecule has 0 aromatic heterocycles. The Morgan fingerprint density at radius 2 is 1.93 bits per heavy atom. The summed E-state index contributed by atoms with van der Waals surface area (Å²) in [5, 5.41) is 13.9. The predicted octanol–water partition coefficient (Wildman–Crippen LogP) is 2.10. The van der Waals surface area contributed by atoms with E-state index in [0.717, 1.165) is 28.4 Å². The third kappa shape index (κ3) is 5.91. The summed E-state index contributed by atoms with van der Waals surface area (Å²) in [6, 6.07) is 5.55. The lowest BCUT2D eigenvalue weighted by Crippen LogP contribution is -2.49. The molecule has 1 saturated carbocycles. The van der Waals surface area contributed by atoms with Gasteiger partial charge in [0.05, 0.1) is 6.54 Å². The standard InChI is InChI=1S/C21H30IN5O2/c22-17-11-14(20(23)24)8-9-15(17)12-26-21(29)18-7-4-10-27(18)19(28)13-25-16-5-2-1-3-6-16/h8-9,11,16,18,25H,1-7,10,12-13H2,(H3,23,24)(H,26,29)/t18-/m0/s1. The number of benzene rings is 1. The third-order valence-corrected chi connectivity index (χ3v) is 6.84. The molecule has 0 radical (unpaired) electrons. The van der Waals surface area contributed by atoms with Gasteiger partial charge in [-0.25, -0.2) is 0 Å². The molecule has 0 spiro atoms. The van der Waals surface area contributed by atoms with Crippen LogP contribution < -0.4 is 16.4 Å². The van der Waals surface area contributed by atoms with Gasteiger partial charge in [0.15, 0.2) is 0 Å². The van der Waals surface area contributed by atoms with Crippen LogP contribution in [-0.2, 0) is 16.1 Å². The normalized spacial score (nSPS) is 19.9. The smallest absolute Gasteiger partial charge is 0.243 e. The number of amidine groups is 1. The van der Waals surface area contributed by atoms with Crippen molar-refractivity contribution < 1.29 is 9.59 Å². The number of likely N-dealkylation sites (tertiary alicyclic amines) is 1. The number of carbonyl (C=O) groups is 2. The maximum Gasteiger partial charge on any atom is 0.243 e. The second-order valence-corrected chi connectivity index (χ2v) is 9.06. The van der Waals surface area contributed by atoms with Crippen LogP contribution in [0.3, 0.4) is 0 Å². The van der Waals surface area contributed by atoms with Crippen LogP contribution in [0.15, 0.2) is 18.2 Å². The molecule has 2 fully saturated rings. The largest absolute Gasteiger partial charge is 0.384 e. The van der Waals surface area contributed by atoms with Gasteiger partial charge in [-0.1, -0.05) is 31.4 Å². The lowest BCUT2D eigenvalue weighted by molar-refractivity contribution is -0.138. The molecule has 5 N–H and O–H groups in total. The number of amides is 2. The van der Waals surface area contributed by atoms with Gasteiger partial charge in [0.25, 0.3) is 0 Å². The average molecular weight is 511 g/mol. The van der Waals surface area contributed by atoms with Crippen LogP contribution in [0, 0.1) is 8.98 Å². The monoisotopic (exact) mass is 511 g/mol. The molecule has 1 aliphatic carbocycles. The first-order chi connectivity index (χ1) is 14.0. The number of hydrogen-bond donors (Lipinski definition) is 4. The van der Waals surface area contributed by atoms with Crippen molar-refractivity contribution in [2.24, 2.45) is 5.73 Å². The van der Waals surface area contributed by atoms with E-state index in [1.807, 2.05) is 12.1 Å². The van der Waals surface area contributed by atoms with Gasteiger partial charge >= 0.3 is 0 Å². The summed E-state index contributed by atoms with van der Waals surface area (Å²) in [5.41, 5.74) is 7.16. The highest BCUT2D eigenvalue weighted by Crippen LogP contribution is 2.20. The van der Waals surface area contributed by atoms with E-state index >= 15 is 0 Å². The van der Waals surface area contributed by atoms with Gasteiger partial charge in [-0.2, -0.15) is 0 Å². The Morgan fingerprint density at radius 3 is 2.62 bits per heavy atom. The van der Waals surface area contributed by atoms with Crippen molar-refractivity contribution in [3.8, 4) is 0 Å². The third-order valence-electron chi connectivity index (χ3n) is 5.84. The summed E-state index contributed by atoms with van der Waals surface area (Å²) < 4.78 is 0.951. The van der Waals surface area contributed by atoms with Gasteiger partial charge in [-0.15, -0.1) is 0 Å². The molecule has 158 valence electrons. The molecule has 2 aliphatic rings. The fourth-order valence-electron chi connectivity index (χ4n) is 4.14. The number of nitrogen functional groups attached to an aromatic ring is 1. The van der Waals surface area contributed by atoms with E-state index in [1.54, 1.807) is 11.0 Å². The number of carbonyl (C=O) groups excluding carboxylic acids is 2. The van der Waals surface area contributed by atoms with E-state index in [1.165, 1.54) is 19.3 Å². The Morgan fingerprint density at radius 1 is 1.17 bits per heavy atom. The summed E-state index contributed by atoms with van der Waals surface area (Å²) in [6.07, 6.45) is 7.59. The SMILES string of the molecule is N=C(N)c1ccc(CNC(=O)[C@@H]2CCCN2C(=O)CNC2CCCCC2)c(I)c1.